The van der Waals surface area contributed by atoms with Crippen LogP contribution in [-0.4, -0.2) is 0 Å². The molecule has 0 saturated heterocycles. The van der Waals surface area contributed by atoms with E-state index in [-0.39, 0.29) is 0 Å². The highest BCUT2D eigenvalue weighted by molar-refractivity contribution is 5.43. The summed E-state index contributed by atoms with van der Waals surface area (Å²) in [5.41, 5.74) is 45.2. The number of benzene rings is 8. The number of aryl methyl sites for hydroxylation is 16. The average molecular weight is 1070 g/mol. The van der Waals surface area contributed by atoms with Crippen LogP contribution in [0.4, 0.5) is 0 Å². The summed E-state index contributed by atoms with van der Waals surface area (Å²) in [5, 5.41) is 0. The van der Waals surface area contributed by atoms with E-state index in [1.54, 1.807) is 0 Å². The summed E-state index contributed by atoms with van der Waals surface area (Å²) in [4.78, 5) is 0. The van der Waals surface area contributed by atoms with E-state index in [1.807, 2.05) is 0 Å². The lowest BCUT2D eigenvalue weighted by Gasteiger charge is -2.06. The van der Waals surface area contributed by atoms with Crippen LogP contribution in [0.25, 0.3) is 0 Å². The normalized spacial score (nSPS) is 10.0. The molecule has 0 atom stereocenters. The molecular formula is C80H112. The van der Waals surface area contributed by atoms with Crippen molar-refractivity contribution in [1.82, 2.24) is 0 Å². The first-order chi connectivity index (χ1) is 37.0. The second-order valence-corrected chi connectivity index (χ2v) is 23.6. The van der Waals surface area contributed by atoms with Crippen LogP contribution >= 0.6 is 0 Å². The second kappa shape index (κ2) is 33.5. The Balaban J connectivity index is 0.000000457. The SMILES string of the molecule is Cc1ccc(C)c(C)c1C.Cc1ccc(C)c(C)c1C.Cc1ccc(C)c(C)c1C.Cc1ccc(C)c(C)c1C.Cc1ccc(C)c(C)c1C.Cc1ccc(C)c(C)c1C.Cc1ccc(C)c(C)c1C.Cc1ccc(C)c(C)c1C. The molecule has 8 aromatic rings. The first-order valence-corrected chi connectivity index (χ1v) is 29.3. The second-order valence-electron chi connectivity index (χ2n) is 23.6. The fourth-order valence-corrected chi connectivity index (χ4v) is 8.73. The van der Waals surface area contributed by atoms with E-state index in [0.717, 1.165) is 0 Å². The smallest absolute Gasteiger partial charge is 0.0392 e. The summed E-state index contributed by atoms with van der Waals surface area (Å²) < 4.78 is 0. The highest BCUT2D eigenvalue weighted by Crippen LogP contribution is 2.21. The van der Waals surface area contributed by atoms with Gasteiger partial charge in [0.15, 0.2) is 0 Å². The minimum Gasteiger partial charge on any atom is -0.0588 e. The van der Waals surface area contributed by atoms with Gasteiger partial charge in [0, 0.05) is 0 Å². The van der Waals surface area contributed by atoms with Crippen molar-refractivity contribution in [3.63, 3.8) is 0 Å². The van der Waals surface area contributed by atoms with Gasteiger partial charge in [-0.1, -0.05) is 97.1 Å². The van der Waals surface area contributed by atoms with Crippen LogP contribution < -0.4 is 0 Å². The van der Waals surface area contributed by atoms with E-state index < -0.39 is 0 Å². The van der Waals surface area contributed by atoms with Crippen molar-refractivity contribution in [1.29, 1.82) is 0 Å². The summed E-state index contributed by atoms with van der Waals surface area (Å²) in [7, 11) is 0. The lowest BCUT2D eigenvalue weighted by molar-refractivity contribution is 1.22. The lowest BCUT2D eigenvalue weighted by Crippen LogP contribution is -1.88. The maximum atomic E-state index is 2.18. The topological polar surface area (TPSA) is 0 Å². The van der Waals surface area contributed by atoms with Crippen molar-refractivity contribution in [3.05, 3.63) is 275 Å². The highest BCUT2D eigenvalue weighted by Gasteiger charge is 2.03. The fourth-order valence-electron chi connectivity index (χ4n) is 8.73. The van der Waals surface area contributed by atoms with E-state index in [9.17, 15) is 0 Å². The number of hydrogen-bond acceptors (Lipinski definition) is 0. The molecule has 0 heterocycles. The molecule has 0 aliphatic rings. The lowest BCUT2D eigenvalue weighted by atomic mass is 10.0. The molecule has 0 bridgehead atoms. The van der Waals surface area contributed by atoms with Crippen molar-refractivity contribution in [3.8, 4) is 0 Å². The minimum absolute atomic E-state index is 1.39. The van der Waals surface area contributed by atoms with Crippen LogP contribution in [0.5, 0.6) is 0 Å². The predicted molar refractivity (Wildman–Crippen MR) is 363 cm³/mol. The monoisotopic (exact) mass is 1070 g/mol. The third-order valence-electron chi connectivity index (χ3n) is 18.6. The Morgan fingerprint density at radius 3 is 0.163 bits per heavy atom. The van der Waals surface area contributed by atoms with E-state index >= 15 is 0 Å². The maximum Gasteiger partial charge on any atom is -0.0392 e. The highest BCUT2D eigenvalue weighted by atomic mass is 14.1. The summed E-state index contributed by atoms with van der Waals surface area (Å²) in [6.45, 7) is 69.3. The fraction of sp³-hybridized carbons (Fsp3) is 0.400. The third kappa shape index (κ3) is 21.3. The molecule has 0 aromatic heterocycles. The average Bonchev–Trinajstić information content (AvgIpc) is 3.43. The molecule has 0 nitrogen and oxygen atoms in total. The predicted octanol–water partition coefficient (Wildman–Crippen LogP) is 23.4. The van der Waals surface area contributed by atoms with Crippen LogP contribution in [0, 0.1) is 222 Å². The van der Waals surface area contributed by atoms with Crippen molar-refractivity contribution in [2.75, 3.05) is 0 Å². The van der Waals surface area contributed by atoms with Crippen molar-refractivity contribution >= 4 is 0 Å². The van der Waals surface area contributed by atoms with Gasteiger partial charge in [-0.2, -0.15) is 0 Å². The van der Waals surface area contributed by atoms with E-state index in [2.05, 4.69) is 319 Å². The largest absolute Gasteiger partial charge is 0.0588 e. The number of hydrogen-bond donors (Lipinski definition) is 0. The van der Waals surface area contributed by atoms with Crippen molar-refractivity contribution in [2.24, 2.45) is 0 Å². The molecule has 432 valence electrons. The molecular weight excluding hydrogens is 961 g/mol. The van der Waals surface area contributed by atoms with Crippen LogP contribution in [0.1, 0.15) is 178 Å². The van der Waals surface area contributed by atoms with Gasteiger partial charge in [0.1, 0.15) is 0 Å². The zero-order valence-electron chi connectivity index (χ0n) is 57.2. The molecule has 0 radical (unpaired) electrons. The summed E-state index contributed by atoms with van der Waals surface area (Å²) >= 11 is 0. The summed E-state index contributed by atoms with van der Waals surface area (Å²) in [5.74, 6) is 0. The van der Waals surface area contributed by atoms with Gasteiger partial charge in [-0.05, 0) is 400 Å². The molecule has 0 unspecified atom stereocenters. The van der Waals surface area contributed by atoms with Crippen molar-refractivity contribution in [2.45, 2.75) is 222 Å². The van der Waals surface area contributed by atoms with E-state index in [1.165, 1.54) is 178 Å². The van der Waals surface area contributed by atoms with Gasteiger partial charge in [0.25, 0.3) is 0 Å². The molecule has 80 heavy (non-hydrogen) atoms. The zero-order chi connectivity index (χ0) is 61.8. The molecule has 0 fully saturated rings. The van der Waals surface area contributed by atoms with Gasteiger partial charge in [-0.3, -0.25) is 0 Å². The standard InChI is InChI=1S/8C10H14/c8*1-7-5-6-8(2)10(4)9(7)3/h8*5-6H,1-4H3. The molecule has 8 aromatic carbocycles. The van der Waals surface area contributed by atoms with Gasteiger partial charge in [-0.25, -0.2) is 0 Å². The molecule has 0 saturated carbocycles. The van der Waals surface area contributed by atoms with Gasteiger partial charge in [-0.15, -0.1) is 0 Å². The minimum atomic E-state index is 1.39. The summed E-state index contributed by atoms with van der Waals surface area (Å²) in [6, 6.07) is 34.9. The van der Waals surface area contributed by atoms with E-state index in [4.69, 9.17) is 0 Å². The molecule has 0 heteroatoms. The van der Waals surface area contributed by atoms with Crippen LogP contribution in [0.2, 0.25) is 0 Å². The maximum absolute atomic E-state index is 2.18. The zero-order valence-corrected chi connectivity index (χ0v) is 57.2. The molecule has 0 N–H and O–H groups in total. The van der Waals surface area contributed by atoms with Gasteiger partial charge < -0.3 is 0 Å². The Kier molecular flexibility index (Phi) is 30.1. The Morgan fingerprint density at radius 2 is 0.125 bits per heavy atom. The summed E-state index contributed by atoms with van der Waals surface area (Å²) in [6.07, 6.45) is 0. The Labute approximate surface area is 494 Å². The van der Waals surface area contributed by atoms with E-state index in [0.29, 0.717) is 0 Å². The Morgan fingerprint density at radius 1 is 0.0875 bits per heavy atom. The van der Waals surface area contributed by atoms with Crippen LogP contribution in [0.15, 0.2) is 97.1 Å². The van der Waals surface area contributed by atoms with Crippen LogP contribution in [0.3, 0.4) is 0 Å². The quantitative estimate of drug-likeness (QED) is 0.142. The first kappa shape index (κ1) is 71.8. The third-order valence-corrected chi connectivity index (χ3v) is 18.6. The van der Waals surface area contributed by atoms with Crippen LogP contribution in [-0.2, 0) is 0 Å². The first-order valence-electron chi connectivity index (χ1n) is 29.3. The molecule has 8 rings (SSSR count). The Bertz CT molecular complexity index is 2420. The molecule has 0 amide bonds. The molecule has 0 spiro atoms. The van der Waals surface area contributed by atoms with Gasteiger partial charge in [0.05, 0.1) is 0 Å². The van der Waals surface area contributed by atoms with Crippen molar-refractivity contribution < 1.29 is 0 Å². The molecule has 0 aliphatic carbocycles. The van der Waals surface area contributed by atoms with Gasteiger partial charge in [0.2, 0.25) is 0 Å². The molecule has 0 aliphatic heterocycles. The number of rotatable bonds is 0. The Hall–Kier alpha value is -6.24. The van der Waals surface area contributed by atoms with Gasteiger partial charge >= 0.3 is 0 Å².